The molecule has 1 heterocycles. The number of benzene rings is 1. The van der Waals surface area contributed by atoms with E-state index in [2.05, 4.69) is 4.98 Å². The van der Waals surface area contributed by atoms with E-state index in [1.165, 1.54) is 4.90 Å². The van der Waals surface area contributed by atoms with Crippen LogP contribution < -0.4 is 0 Å². The molecule has 2 rings (SSSR count). The minimum absolute atomic E-state index is 0.161. The molecule has 7 heteroatoms. The largest absolute Gasteiger partial charge is 0.480 e. The van der Waals surface area contributed by atoms with Gasteiger partial charge in [-0.3, -0.25) is 9.59 Å². The number of aromatic nitrogens is 1. The maximum atomic E-state index is 12.1. The molecule has 0 aliphatic heterocycles. The quantitative estimate of drug-likeness (QED) is 0.790. The summed E-state index contributed by atoms with van der Waals surface area (Å²) in [5.41, 5.74) is 0.850. The molecule has 24 heavy (non-hydrogen) atoms. The van der Waals surface area contributed by atoms with Gasteiger partial charge in [0.2, 0.25) is 5.91 Å². The molecule has 0 spiro atoms. The Morgan fingerprint density at radius 2 is 2.00 bits per heavy atom. The molecule has 1 N–H and O–H groups in total. The summed E-state index contributed by atoms with van der Waals surface area (Å²) in [7, 11) is 0. The Kier molecular flexibility index (Phi) is 6.37. The fourth-order valence-corrected chi connectivity index (χ4v) is 2.40. The average molecular weight is 351 g/mol. The van der Waals surface area contributed by atoms with Crippen LogP contribution in [0.2, 0.25) is 5.02 Å². The summed E-state index contributed by atoms with van der Waals surface area (Å²) < 4.78 is 5.64. The second-order valence-electron chi connectivity index (χ2n) is 5.33. The Balaban J connectivity index is 1.95. The molecule has 0 saturated heterocycles. The first-order chi connectivity index (χ1) is 11.5. The number of amides is 1. The SMILES string of the molecule is CCCN(CC(=O)O)C(=O)CCc1ncc(-c2ccc(Cl)cc2)o1. The zero-order chi connectivity index (χ0) is 17.5. The number of hydrogen-bond donors (Lipinski definition) is 1. The molecular formula is C17H19ClN2O4. The van der Waals surface area contributed by atoms with Crippen molar-refractivity contribution in [1.82, 2.24) is 9.88 Å². The smallest absolute Gasteiger partial charge is 0.323 e. The van der Waals surface area contributed by atoms with Gasteiger partial charge in [0.1, 0.15) is 6.54 Å². The van der Waals surface area contributed by atoms with Crippen LogP contribution in [0.3, 0.4) is 0 Å². The number of carboxylic acids is 1. The second-order valence-corrected chi connectivity index (χ2v) is 5.77. The first-order valence-corrected chi connectivity index (χ1v) is 8.07. The fraction of sp³-hybridized carbons (Fsp3) is 0.353. The van der Waals surface area contributed by atoms with Crippen LogP contribution in [-0.4, -0.2) is 40.0 Å². The number of rotatable bonds is 8. The Hall–Kier alpha value is -2.34. The highest BCUT2D eigenvalue weighted by atomic mass is 35.5. The molecule has 0 saturated carbocycles. The van der Waals surface area contributed by atoms with Gasteiger partial charge in [-0.05, 0) is 30.7 Å². The van der Waals surface area contributed by atoms with Crippen molar-refractivity contribution in [3.63, 3.8) is 0 Å². The first-order valence-electron chi connectivity index (χ1n) is 7.69. The first kappa shape index (κ1) is 18.0. The molecule has 0 bridgehead atoms. The maximum absolute atomic E-state index is 12.1. The van der Waals surface area contributed by atoms with Crippen LogP contribution in [0.1, 0.15) is 25.7 Å². The number of nitrogens with zero attached hydrogens (tertiary/aromatic N) is 2. The normalized spacial score (nSPS) is 10.6. The molecule has 0 fully saturated rings. The van der Waals surface area contributed by atoms with Crippen molar-refractivity contribution in [2.45, 2.75) is 26.2 Å². The monoisotopic (exact) mass is 350 g/mol. The summed E-state index contributed by atoms with van der Waals surface area (Å²) >= 11 is 5.85. The zero-order valence-corrected chi connectivity index (χ0v) is 14.1. The van der Waals surface area contributed by atoms with Crippen LogP contribution in [0.15, 0.2) is 34.9 Å². The summed E-state index contributed by atoms with van der Waals surface area (Å²) in [6.07, 6.45) is 2.79. The van der Waals surface area contributed by atoms with Crippen LogP contribution >= 0.6 is 11.6 Å². The zero-order valence-electron chi connectivity index (χ0n) is 13.4. The van der Waals surface area contributed by atoms with E-state index >= 15 is 0 Å². The van der Waals surface area contributed by atoms with Gasteiger partial charge in [-0.2, -0.15) is 0 Å². The van der Waals surface area contributed by atoms with Gasteiger partial charge in [0.05, 0.1) is 6.20 Å². The molecule has 1 amide bonds. The number of halogens is 1. The van der Waals surface area contributed by atoms with Crippen molar-refractivity contribution in [1.29, 1.82) is 0 Å². The number of carboxylic acid groups (broad SMARTS) is 1. The summed E-state index contributed by atoms with van der Waals surface area (Å²) in [5, 5.41) is 9.50. The van der Waals surface area contributed by atoms with Crippen LogP contribution in [0.5, 0.6) is 0 Å². The third-order valence-electron chi connectivity index (χ3n) is 3.41. The van der Waals surface area contributed by atoms with Crippen LogP contribution in [0.4, 0.5) is 0 Å². The van der Waals surface area contributed by atoms with Crippen molar-refractivity contribution < 1.29 is 19.1 Å². The van der Waals surface area contributed by atoms with Crippen molar-refractivity contribution in [2.75, 3.05) is 13.1 Å². The average Bonchev–Trinajstić information content (AvgIpc) is 3.01. The van der Waals surface area contributed by atoms with Gasteiger partial charge in [-0.15, -0.1) is 0 Å². The highest BCUT2D eigenvalue weighted by molar-refractivity contribution is 6.30. The standard InChI is InChI=1S/C17H19ClN2O4/c1-2-9-20(11-17(22)23)16(21)8-7-15-19-10-14(24-15)12-3-5-13(18)6-4-12/h3-6,10H,2,7-9,11H2,1H3,(H,22,23). The predicted molar refractivity (Wildman–Crippen MR) is 89.8 cm³/mol. The lowest BCUT2D eigenvalue weighted by Gasteiger charge is -2.19. The molecule has 128 valence electrons. The molecular weight excluding hydrogens is 332 g/mol. The van der Waals surface area contributed by atoms with E-state index in [0.717, 1.165) is 5.56 Å². The maximum Gasteiger partial charge on any atom is 0.323 e. The Bertz CT molecular complexity index is 697. The molecule has 2 aromatic rings. The third-order valence-corrected chi connectivity index (χ3v) is 3.66. The highest BCUT2D eigenvalue weighted by Gasteiger charge is 2.17. The summed E-state index contributed by atoms with van der Waals surface area (Å²) in [5.74, 6) is -0.186. The third kappa shape index (κ3) is 5.09. The van der Waals surface area contributed by atoms with Gasteiger partial charge >= 0.3 is 5.97 Å². The molecule has 0 radical (unpaired) electrons. The van der Waals surface area contributed by atoms with Gasteiger partial charge in [-0.25, -0.2) is 4.98 Å². The number of oxazole rings is 1. The van der Waals surface area contributed by atoms with Crippen LogP contribution in [-0.2, 0) is 16.0 Å². The number of hydrogen-bond acceptors (Lipinski definition) is 4. The van der Waals surface area contributed by atoms with Gasteiger partial charge in [0.25, 0.3) is 0 Å². The number of carbonyl (C=O) groups excluding carboxylic acids is 1. The van der Waals surface area contributed by atoms with Gasteiger partial charge in [-0.1, -0.05) is 18.5 Å². The van der Waals surface area contributed by atoms with Gasteiger partial charge in [0, 0.05) is 30.0 Å². The van der Waals surface area contributed by atoms with E-state index in [9.17, 15) is 9.59 Å². The van der Waals surface area contributed by atoms with Crippen LogP contribution in [0, 0.1) is 0 Å². The molecule has 0 aliphatic rings. The molecule has 1 aromatic heterocycles. The van der Waals surface area contributed by atoms with Crippen molar-refractivity contribution in [3.05, 3.63) is 41.4 Å². The fourth-order valence-electron chi connectivity index (χ4n) is 2.27. The van der Waals surface area contributed by atoms with Crippen molar-refractivity contribution >= 4 is 23.5 Å². The van der Waals surface area contributed by atoms with Crippen molar-refractivity contribution in [3.8, 4) is 11.3 Å². The van der Waals surface area contributed by atoms with Gasteiger partial charge in [0.15, 0.2) is 11.7 Å². The minimum Gasteiger partial charge on any atom is -0.480 e. The number of aliphatic carboxylic acids is 1. The Labute approximate surface area is 145 Å². The van der Waals surface area contributed by atoms with E-state index in [4.69, 9.17) is 21.1 Å². The highest BCUT2D eigenvalue weighted by Crippen LogP contribution is 2.22. The molecule has 0 atom stereocenters. The van der Waals surface area contributed by atoms with E-state index in [-0.39, 0.29) is 18.9 Å². The molecule has 0 unspecified atom stereocenters. The summed E-state index contributed by atoms with van der Waals surface area (Å²) in [4.78, 5) is 28.5. The van der Waals surface area contributed by atoms with E-state index < -0.39 is 5.97 Å². The number of aryl methyl sites for hydroxylation is 1. The van der Waals surface area contributed by atoms with E-state index in [1.54, 1.807) is 18.3 Å². The van der Waals surface area contributed by atoms with Crippen molar-refractivity contribution in [2.24, 2.45) is 0 Å². The summed E-state index contributed by atoms with van der Waals surface area (Å²) in [6.45, 7) is 2.04. The van der Waals surface area contributed by atoms with Crippen LogP contribution in [0.25, 0.3) is 11.3 Å². The number of carbonyl (C=O) groups is 2. The lowest BCUT2D eigenvalue weighted by Crippen LogP contribution is -2.36. The molecule has 6 nitrogen and oxygen atoms in total. The van der Waals surface area contributed by atoms with E-state index in [0.29, 0.717) is 36.1 Å². The predicted octanol–water partition coefficient (Wildman–Crippen LogP) is 3.25. The Morgan fingerprint density at radius 1 is 1.29 bits per heavy atom. The minimum atomic E-state index is -1.02. The Morgan fingerprint density at radius 3 is 2.62 bits per heavy atom. The molecule has 0 aliphatic carbocycles. The lowest BCUT2D eigenvalue weighted by molar-refractivity contribution is -0.144. The molecule has 1 aromatic carbocycles. The van der Waals surface area contributed by atoms with E-state index in [1.807, 2.05) is 19.1 Å². The van der Waals surface area contributed by atoms with Gasteiger partial charge < -0.3 is 14.4 Å². The summed E-state index contributed by atoms with van der Waals surface area (Å²) in [6, 6.07) is 7.18. The second kappa shape index (κ2) is 8.49. The lowest BCUT2D eigenvalue weighted by atomic mass is 10.2. The topological polar surface area (TPSA) is 83.6 Å².